The van der Waals surface area contributed by atoms with E-state index in [1.807, 2.05) is 25.1 Å². The van der Waals surface area contributed by atoms with Crippen molar-refractivity contribution in [2.75, 3.05) is 10.6 Å². The maximum absolute atomic E-state index is 13.7. The first kappa shape index (κ1) is 20.0. The molecule has 30 heavy (non-hydrogen) atoms. The van der Waals surface area contributed by atoms with E-state index in [-0.39, 0.29) is 17.9 Å². The molecule has 0 saturated carbocycles. The van der Waals surface area contributed by atoms with Crippen LogP contribution in [0.4, 0.5) is 24.7 Å². The lowest BCUT2D eigenvalue weighted by Gasteiger charge is -2.33. The number of nitrogens with one attached hydrogen (secondary N) is 2. The van der Waals surface area contributed by atoms with Crippen molar-refractivity contribution in [1.29, 1.82) is 0 Å². The van der Waals surface area contributed by atoms with E-state index >= 15 is 0 Å². The van der Waals surface area contributed by atoms with Gasteiger partial charge in [-0.05, 0) is 29.7 Å². The van der Waals surface area contributed by atoms with Crippen LogP contribution in [0.5, 0.6) is 0 Å². The summed E-state index contributed by atoms with van der Waals surface area (Å²) in [6, 6.07) is 15.3. The summed E-state index contributed by atoms with van der Waals surface area (Å²) in [5, 5.41) is 9.76. The first-order valence-corrected chi connectivity index (χ1v) is 9.73. The van der Waals surface area contributed by atoms with Crippen molar-refractivity contribution >= 4 is 17.4 Å². The second kappa shape index (κ2) is 7.85. The van der Waals surface area contributed by atoms with Gasteiger partial charge in [0.15, 0.2) is 11.7 Å². The molecule has 0 fully saturated rings. The second-order valence-electron chi connectivity index (χ2n) is 7.26. The van der Waals surface area contributed by atoms with E-state index in [4.69, 9.17) is 0 Å². The zero-order valence-corrected chi connectivity index (χ0v) is 16.3. The Morgan fingerprint density at radius 2 is 1.87 bits per heavy atom. The number of anilines is 2. The zero-order valence-electron chi connectivity index (χ0n) is 16.3. The molecule has 2 atom stereocenters. The Balaban J connectivity index is 1.61. The van der Waals surface area contributed by atoms with Crippen LogP contribution in [0.3, 0.4) is 0 Å². The first-order chi connectivity index (χ1) is 14.3. The minimum atomic E-state index is -4.49. The Hall–Kier alpha value is -3.29. The molecule has 156 valence electrons. The van der Waals surface area contributed by atoms with Gasteiger partial charge in [-0.25, -0.2) is 4.68 Å². The van der Waals surface area contributed by atoms with E-state index in [1.165, 1.54) is 6.07 Å². The predicted octanol–water partition coefficient (Wildman–Crippen LogP) is 5.36. The fraction of sp³-hybridized carbons (Fsp3) is 0.273. The van der Waals surface area contributed by atoms with Crippen molar-refractivity contribution in [3.8, 4) is 0 Å². The number of alkyl halides is 3. The molecule has 1 aromatic heterocycles. The van der Waals surface area contributed by atoms with E-state index in [0.29, 0.717) is 5.69 Å². The van der Waals surface area contributed by atoms with Gasteiger partial charge in [-0.15, -0.1) is 0 Å². The molecule has 1 amide bonds. The van der Waals surface area contributed by atoms with Crippen molar-refractivity contribution in [3.05, 3.63) is 77.5 Å². The Morgan fingerprint density at radius 3 is 2.50 bits per heavy atom. The number of carbonyl (C=O) groups excluding carboxylic acids is 1. The standard InChI is InChI=1S/C22H21F3N4O/c1-2-14-8-10-16(11-9-14)26-21(30)18-13-20-27-17(15-6-4-3-5-7-15)12-19(22(23,24)25)29(20)28-18/h3-11,13,17,19,27H,2,12H2,1H3,(H,26,30)/t17-,19+/m0/s1. The largest absolute Gasteiger partial charge is 0.410 e. The van der Waals surface area contributed by atoms with Crippen LogP contribution in [-0.4, -0.2) is 21.9 Å². The molecule has 5 nitrogen and oxygen atoms in total. The second-order valence-corrected chi connectivity index (χ2v) is 7.26. The van der Waals surface area contributed by atoms with Crippen LogP contribution in [0.25, 0.3) is 0 Å². The van der Waals surface area contributed by atoms with Crippen molar-refractivity contribution in [2.45, 2.75) is 38.0 Å². The van der Waals surface area contributed by atoms with E-state index in [9.17, 15) is 18.0 Å². The fourth-order valence-electron chi connectivity index (χ4n) is 3.61. The highest BCUT2D eigenvalue weighted by molar-refractivity contribution is 6.03. The third-order valence-electron chi connectivity index (χ3n) is 5.24. The molecular formula is C22H21F3N4O. The number of carbonyl (C=O) groups is 1. The molecular weight excluding hydrogens is 393 g/mol. The smallest absolute Gasteiger partial charge is 0.363 e. The average Bonchev–Trinajstić information content (AvgIpc) is 3.18. The molecule has 1 aliphatic rings. The molecule has 3 aromatic rings. The predicted molar refractivity (Wildman–Crippen MR) is 109 cm³/mol. The van der Waals surface area contributed by atoms with E-state index in [0.717, 1.165) is 22.2 Å². The van der Waals surface area contributed by atoms with Crippen LogP contribution in [0.15, 0.2) is 60.7 Å². The SMILES string of the molecule is CCc1ccc(NC(=O)c2cc3n(n2)[C@@H](C(F)(F)F)C[C@@H](c2ccccc2)N3)cc1. The number of fused-ring (bicyclic) bond motifs is 1. The number of amides is 1. The Kier molecular flexibility index (Phi) is 5.24. The van der Waals surface area contributed by atoms with Gasteiger partial charge in [-0.3, -0.25) is 4.79 Å². The summed E-state index contributed by atoms with van der Waals surface area (Å²) in [5.41, 5.74) is 2.36. The van der Waals surface area contributed by atoms with Crippen LogP contribution in [0.1, 0.15) is 47.0 Å². The third-order valence-corrected chi connectivity index (χ3v) is 5.24. The molecule has 0 bridgehead atoms. The summed E-state index contributed by atoms with van der Waals surface area (Å²) in [5.74, 6) is -0.385. The van der Waals surface area contributed by atoms with Gasteiger partial charge in [-0.1, -0.05) is 49.4 Å². The van der Waals surface area contributed by atoms with Gasteiger partial charge in [-0.2, -0.15) is 18.3 Å². The molecule has 0 aliphatic carbocycles. The number of aromatic nitrogens is 2. The Labute approximate surface area is 171 Å². The summed E-state index contributed by atoms with van der Waals surface area (Å²) >= 11 is 0. The molecule has 2 aromatic carbocycles. The lowest BCUT2D eigenvalue weighted by atomic mass is 9.97. The van der Waals surface area contributed by atoms with Crippen LogP contribution < -0.4 is 10.6 Å². The van der Waals surface area contributed by atoms with Crippen molar-refractivity contribution in [3.63, 3.8) is 0 Å². The number of aryl methyl sites for hydroxylation is 1. The Bertz CT molecular complexity index is 1030. The van der Waals surface area contributed by atoms with E-state index in [1.54, 1.807) is 36.4 Å². The first-order valence-electron chi connectivity index (χ1n) is 9.73. The number of hydrogen-bond acceptors (Lipinski definition) is 3. The number of hydrogen-bond donors (Lipinski definition) is 2. The summed E-state index contributed by atoms with van der Waals surface area (Å²) in [7, 11) is 0. The van der Waals surface area contributed by atoms with Crippen LogP contribution >= 0.6 is 0 Å². The maximum Gasteiger partial charge on any atom is 0.410 e. The minimum Gasteiger partial charge on any atom is -0.363 e. The van der Waals surface area contributed by atoms with Gasteiger partial charge in [0.1, 0.15) is 5.82 Å². The maximum atomic E-state index is 13.7. The van der Waals surface area contributed by atoms with Gasteiger partial charge in [0.25, 0.3) is 5.91 Å². The van der Waals surface area contributed by atoms with Crippen molar-refractivity contribution in [2.24, 2.45) is 0 Å². The van der Waals surface area contributed by atoms with Crippen LogP contribution in [0.2, 0.25) is 0 Å². The van der Waals surface area contributed by atoms with E-state index in [2.05, 4.69) is 15.7 Å². The third kappa shape index (κ3) is 4.03. The van der Waals surface area contributed by atoms with Gasteiger partial charge < -0.3 is 10.6 Å². The number of benzene rings is 2. The summed E-state index contributed by atoms with van der Waals surface area (Å²) in [6.07, 6.45) is -3.82. The normalized spacial score (nSPS) is 18.4. The number of rotatable bonds is 4. The Morgan fingerprint density at radius 1 is 1.17 bits per heavy atom. The molecule has 4 rings (SSSR count). The number of halogens is 3. The summed E-state index contributed by atoms with van der Waals surface area (Å²) < 4.78 is 42.1. The molecule has 1 aliphatic heterocycles. The molecule has 0 spiro atoms. The molecule has 0 saturated heterocycles. The van der Waals surface area contributed by atoms with E-state index < -0.39 is 24.2 Å². The molecule has 0 radical (unpaired) electrons. The van der Waals surface area contributed by atoms with Crippen LogP contribution in [0, 0.1) is 0 Å². The minimum absolute atomic E-state index is 0.0694. The molecule has 0 unspecified atom stereocenters. The van der Waals surface area contributed by atoms with Crippen molar-refractivity contribution in [1.82, 2.24) is 9.78 Å². The highest BCUT2D eigenvalue weighted by Gasteiger charge is 2.46. The lowest BCUT2D eigenvalue weighted by molar-refractivity contribution is -0.173. The van der Waals surface area contributed by atoms with Gasteiger partial charge >= 0.3 is 6.18 Å². The molecule has 8 heteroatoms. The topological polar surface area (TPSA) is 59.0 Å². The molecule has 2 N–H and O–H groups in total. The summed E-state index contributed by atoms with van der Waals surface area (Å²) in [6.45, 7) is 2.02. The zero-order chi connectivity index (χ0) is 21.3. The van der Waals surface area contributed by atoms with Gasteiger partial charge in [0.05, 0.1) is 6.04 Å². The lowest BCUT2D eigenvalue weighted by Crippen LogP contribution is -2.35. The van der Waals surface area contributed by atoms with Crippen molar-refractivity contribution < 1.29 is 18.0 Å². The fourth-order valence-corrected chi connectivity index (χ4v) is 3.61. The monoisotopic (exact) mass is 414 g/mol. The highest BCUT2D eigenvalue weighted by Crippen LogP contribution is 2.43. The summed E-state index contributed by atoms with van der Waals surface area (Å²) in [4.78, 5) is 12.6. The quantitative estimate of drug-likeness (QED) is 0.604. The van der Waals surface area contributed by atoms with Crippen LogP contribution in [-0.2, 0) is 6.42 Å². The number of nitrogens with zero attached hydrogens (tertiary/aromatic N) is 2. The molecule has 2 heterocycles. The average molecular weight is 414 g/mol. The highest BCUT2D eigenvalue weighted by atomic mass is 19.4. The van der Waals surface area contributed by atoms with Gasteiger partial charge in [0, 0.05) is 18.2 Å². The van der Waals surface area contributed by atoms with Gasteiger partial charge in [0.2, 0.25) is 0 Å².